The summed E-state index contributed by atoms with van der Waals surface area (Å²) in [6.45, 7) is 0. The van der Waals surface area contributed by atoms with E-state index >= 15 is 0 Å². The number of benzene rings is 6. The molecule has 0 spiro atoms. The summed E-state index contributed by atoms with van der Waals surface area (Å²) in [6.07, 6.45) is 11.5. The lowest BCUT2D eigenvalue weighted by molar-refractivity contribution is 0.112. The molecular weight excluding hydrogens is 522 g/mol. The summed E-state index contributed by atoms with van der Waals surface area (Å²) < 4.78 is 0. The SMILES string of the molecule is O=Cc1ccc(N(C=C(c2ccccc2)c2ccccc2)c2ccc(C=CC=Cc3ccccc3)c3ccccc23)cc1. The van der Waals surface area contributed by atoms with Crippen LogP contribution in [0.1, 0.15) is 32.6 Å². The minimum Gasteiger partial charge on any atom is -0.316 e. The Morgan fingerprint density at radius 3 is 1.67 bits per heavy atom. The summed E-state index contributed by atoms with van der Waals surface area (Å²) in [5.41, 5.74) is 8.32. The highest BCUT2D eigenvalue weighted by Crippen LogP contribution is 2.37. The quantitative estimate of drug-likeness (QED) is 0.131. The van der Waals surface area contributed by atoms with Gasteiger partial charge in [0.1, 0.15) is 6.29 Å². The van der Waals surface area contributed by atoms with Crippen LogP contribution >= 0.6 is 0 Å². The monoisotopic (exact) mass is 553 g/mol. The molecule has 0 aliphatic carbocycles. The number of allylic oxidation sites excluding steroid dienone is 2. The smallest absolute Gasteiger partial charge is 0.150 e. The Morgan fingerprint density at radius 2 is 1.05 bits per heavy atom. The standard InChI is InChI=1S/C41H31NO/c43-31-33-24-27-37(28-25-33)42(30-40(34-17-6-2-7-18-34)35-19-8-3-9-20-35)41-29-26-36(38-22-12-13-23-39(38)41)21-11-10-16-32-14-4-1-5-15-32/h1-31H. The van der Waals surface area contributed by atoms with E-state index in [-0.39, 0.29) is 0 Å². The highest BCUT2D eigenvalue weighted by Gasteiger charge is 2.15. The van der Waals surface area contributed by atoms with E-state index in [0.29, 0.717) is 5.56 Å². The summed E-state index contributed by atoms with van der Waals surface area (Å²) in [7, 11) is 0. The molecule has 0 aliphatic heterocycles. The molecule has 6 aromatic carbocycles. The van der Waals surface area contributed by atoms with Gasteiger partial charge < -0.3 is 4.90 Å². The highest BCUT2D eigenvalue weighted by molar-refractivity contribution is 6.02. The van der Waals surface area contributed by atoms with Crippen molar-refractivity contribution in [1.29, 1.82) is 0 Å². The van der Waals surface area contributed by atoms with E-state index in [1.807, 2.05) is 54.6 Å². The van der Waals surface area contributed by atoms with Gasteiger partial charge in [0.2, 0.25) is 0 Å². The lowest BCUT2D eigenvalue weighted by Gasteiger charge is -2.25. The third-order valence-corrected chi connectivity index (χ3v) is 7.40. The zero-order valence-electron chi connectivity index (χ0n) is 23.8. The lowest BCUT2D eigenvalue weighted by atomic mass is 9.97. The molecule has 2 nitrogen and oxygen atoms in total. The van der Waals surface area contributed by atoms with E-state index in [2.05, 4.69) is 132 Å². The minimum absolute atomic E-state index is 0.646. The predicted octanol–water partition coefficient (Wildman–Crippen LogP) is 10.6. The number of hydrogen-bond acceptors (Lipinski definition) is 2. The van der Waals surface area contributed by atoms with Crippen LogP contribution in [0.15, 0.2) is 170 Å². The molecule has 0 saturated heterocycles. The lowest BCUT2D eigenvalue weighted by Crippen LogP contribution is -2.11. The maximum atomic E-state index is 11.5. The van der Waals surface area contributed by atoms with Crippen LogP contribution in [0.4, 0.5) is 11.4 Å². The Kier molecular flexibility index (Phi) is 8.48. The molecule has 2 heteroatoms. The van der Waals surface area contributed by atoms with Crippen molar-refractivity contribution in [2.75, 3.05) is 4.90 Å². The second-order valence-electron chi connectivity index (χ2n) is 10.2. The van der Waals surface area contributed by atoms with Crippen LogP contribution < -0.4 is 4.90 Å². The molecule has 0 aliphatic rings. The largest absolute Gasteiger partial charge is 0.316 e. The van der Waals surface area contributed by atoms with Gasteiger partial charge in [-0.05, 0) is 58.0 Å². The third-order valence-electron chi connectivity index (χ3n) is 7.40. The van der Waals surface area contributed by atoms with Crippen molar-refractivity contribution in [3.8, 4) is 0 Å². The molecule has 0 aromatic heterocycles. The van der Waals surface area contributed by atoms with Crippen LogP contribution in [0.25, 0.3) is 28.5 Å². The first kappa shape index (κ1) is 27.4. The van der Waals surface area contributed by atoms with Gasteiger partial charge >= 0.3 is 0 Å². The van der Waals surface area contributed by atoms with E-state index in [9.17, 15) is 4.79 Å². The van der Waals surface area contributed by atoms with Gasteiger partial charge in [0, 0.05) is 28.4 Å². The first-order chi connectivity index (χ1) is 21.3. The minimum atomic E-state index is 0.646. The van der Waals surface area contributed by atoms with E-state index in [1.165, 1.54) is 5.56 Å². The average Bonchev–Trinajstić information content (AvgIpc) is 3.09. The van der Waals surface area contributed by atoms with E-state index in [0.717, 1.165) is 50.7 Å². The number of nitrogens with zero attached hydrogens (tertiary/aromatic N) is 1. The molecule has 0 bridgehead atoms. The second kappa shape index (κ2) is 13.3. The Hall–Kier alpha value is -5.73. The molecule has 6 aromatic rings. The topological polar surface area (TPSA) is 20.3 Å². The predicted molar refractivity (Wildman–Crippen MR) is 182 cm³/mol. The molecule has 0 saturated carbocycles. The first-order valence-corrected chi connectivity index (χ1v) is 14.4. The fourth-order valence-corrected chi connectivity index (χ4v) is 5.23. The molecule has 0 radical (unpaired) electrons. The molecular formula is C41H31NO. The number of aldehydes is 1. The molecule has 6 rings (SSSR count). The first-order valence-electron chi connectivity index (χ1n) is 14.4. The fourth-order valence-electron chi connectivity index (χ4n) is 5.23. The number of rotatable bonds is 9. The van der Waals surface area contributed by atoms with Crippen molar-refractivity contribution >= 4 is 46.2 Å². The highest BCUT2D eigenvalue weighted by atomic mass is 16.1. The maximum absolute atomic E-state index is 11.5. The Labute approximate surface area is 253 Å². The van der Waals surface area contributed by atoms with Crippen LogP contribution in [0.5, 0.6) is 0 Å². The zero-order chi connectivity index (χ0) is 29.3. The molecule has 0 N–H and O–H groups in total. The Balaban J connectivity index is 1.49. The van der Waals surface area contributed by atoms with Crippen molar-refractivity contribution < 1.29 is 4.79 Å². The summed E-state index contributed by atoms with van der Waals surface area (Å²) in [6, 6.07) is 51.8. The number of carbonyl (C=O) groups is 1. The van der Waals surface area contributed by atoms with Crippen LogP contribution in [0.2, 0.25) is 0 Å². The van der Waals surface area contributed by atoms with Crippen LogP contribution in [0.3, 0.4) is 0 Å². The van der Waals surface area contributed by atoms with Gasteiger partial charge in [-0.15, -0.1) is 0 Å². The Bertz CT molecular complexity index is 1860. The molecule has 206 valence electrons. The zero-order valence-corrected chi connectivity index (χ0v) is 23.8. The van der Waals surface area contributed by atoms with Gasteiger partial charge in [-0.25, -0.2) is 0 Å². The number of fused-ring (bicyclic) bond motifs is 1. The van der Waals surface area contributed by atoms with Gasteiger partial charge in [-0.1, -0.05) is 146 Å². The van der Waals surface area contributed by atoms with Crippen molar-refractivity contribution in [2.45, 2.75) is 0 Å². The van der Waals surface area contributed by atoms with E-state index in [4.69, 9.17) is 0 Å². The molecule has 0 atom stereocenters. The molecule has 0 fully saturated rings. The molecule has 43 heavy (non-hydrogen) atoms. The summed E-state index contributed by atoms with van der Waals surface area (Å²) in [4.78, 5) is 13.7. The maximum Gasteiger partial charge on any atom is 0.150 e. The van der Waals surface area contributed by atoms with Gasteiger partial charge in [0.15, 0.2) is 0 Å². The van der Waals surface area contributed by atoms with Gasteiger partial charge in [0.05, 0.1) is 5.69 Å². The van der Waals surface area contributed by atoms with Crippen LogP contribution in [-0.2, 0) is 0 Å². The molecule has 0 unspecified atom stereocenters. The third kappa shape index (κ3) is 6.45. The number of hydrogen-bond donors (Lipinski definition) is 0. The van der Waals surface area contributed by atoms with Crippen molar-refractivity contribution in [3.63, 3.8) is 0 Å². The average molecular weight is 554 g/mol. The van der Waals surface area contributed by atoms with E-state index < -0.39 is 0 Å². The number of anilines is 2. The fraction of sp³-hybridized carbons (Fsp3) is 0. The van der Waals surface area contributed by atoms with Gasteiger partial charge in [0.25, 0.3) is 0 Å². The van der Waals surface area contributed by atoms with Crippen LogP contribution in [0, 0.1) is 0 Å². The number of carbonyl (C=O) groups excluding carboxylic acids is 1. The summed E-state index contributed by atoms with van der Waals surface area (Å²) in [5, 5.41) is 2.29. The second-order valence-corrected chi connectivity index (χ2v) is 10.2. The van der Waals surface area contributed by atoms with E-state index in [1.54, 1.807) is 0 Å². The molecule has 0 amide bonds. The molecule has 0 heterocycles. The van der Waals surface area contributed by atoms with Gasteiger partial charge in [-0.3, -0.25) is 4.79 Å². The van der Waals surface area contributed by atoms with Crippen molar-refractivity contribution in [2.24, 2.45) is 0 Å². The van der Waals surface area contributed by atoms with Gasteiger partial charge in [-0.2, -0.15) is 0 Å². The summed E-state index contributed by atoms with van der Waals surface area (Å²) in [5.74, 6) is 0. The summed E-state index contributed by atoms with van der Waals surface area (Å²) >= 11 is 0. The van der Waals surface area contributed by atoms with Crippen molar-refractivity contribution in [3.05, 3.63) is 198 Å². The van der Waals surface area contributed by atoms with Crippen LogP contribution in [-0.4, -0.2) is 6.29 Å². The van der Waals surface area contributed by atoms with Crippen molar-refractivity contribution in [1.82, 2.24) is 0 Å². The normalized spacial score (nSPS) is 11.2. The Morgan fingerprint density at radius 1 is 0.488 bits per heavy atom.